The molecular weight excluding hydrogens is 334 g/mol. The topological polar surface area (TPSA) is 64.0 Å². The van der Waals surface area contributed by atoms with Crippen LogP contribution in [0.4, 0.5) is 5.69 Å². The van der Waals surface area contributed by atoms with Crippen LogP contribution in [0.2, 0.25) is 5.02 Å². The third-order valence-electron chi connectivity index (χ3n) is 3.41. The Morgan fingerprint density at radius 3 is 2.83 bits per heavy atom. The van der Waals surface area contributed by atoms with E-state index in [4.69, 9.17) is 11.6 Å². The minimum atomic E-state index is -0.323. The summed E-state index contributed by atoms with van der Waals surface area (Å²) in [5, 5.41) is 3.71. The molecule has 0 unspecified atom stereocenters. The van der Waals surface area contributed by atoms with Crippen molar-refractivity contribution in [2.24, 2.45) is 0 Å². The van der Waals surface area contributed by atoms with Crippen LogP contribution in [0, 0.1) is 13.8 Å². The number of aryl methyl sites for hydroxylation is 2. The summed E-state index contributed by atoms with van der Waals surface area (Å²) in [5.74, 6) is 0.190. The van der Waals surface area contributed by atoms with Gasteiger partial charge in [0.25, 0.3) is 5.56 Å². The number of fused-ring (bicyclic) bond motifs is 1. The molecule has 5 nitrogen and oxygen atoms in total. The van der Waals surface area contributed by atoms with E-state index in [2.05, 4.69) is 10.3 Å². The van der Waals surface area contributed by atoms with Crippen molar-refractivity contribution < 1.29 is 4.79 Å². The van der Waals surface area contributed by atoms with Gasteiger partial charge in [0.15, 0.2) is 0 Å². The molecule has 0 aliphatic carbocycles. The standard InChI is InChI=1S/C16H14ClN3O2S/c1-9-7-11-15(23-9)18-10(2)20(16(11)22)8-14(21)19-13-6-4-3-5-12(13)17/h3-7H,8H2,1-2H3,(H,19,21). The zero-order valence-corrected chi connectivity index (χ0v) is 14.2. The number of aromatic nitrogens is 2. The first-order chi connectivity index (χ1) is 11.0. The molecule has 1 N–H and O–H groups in total. The Hall–Kier alpha value is -2.18. The van der Waals surface area contributed by atoms with Crippen LogP contribution in [0.5, 0.6) is 0 Å². The molecule has 0 bridgehead atoms. The Bertz CT molecular complexity index is 962. The molecule has 2 aromatic heterocycles. The van der Waals surface area contributed by atoms with Crippen molar-refractivity contribution in [1.29, 1.82) is 0 Å². The molecule has 0 aliphatic rings. The molecule has 0 atom stereocenters. The van der Waals surface area contributed by atoms with Crippen LogP contribution in [0.1, 0.15) is 10.7 Å². The fraction of sp³-hybridized carbons (Fsp3) is 0.188. The Kier molecular flexibility index (Phi) is 4.19. The lowest BCUT2D eigenvalue weighted by Gasteiger charge is -2.10. The van der Waals surface area contributed by atoms with Gasteiger partial charge >= 0.3 is 0 Å². The third-order valence-corrected chi connectivity index (χ3v) is 4.69. The molecule has 0 aliphatic heterocycles. The van der Waals surface area contributed by atoms with Crippen LogP contribution in [0.3, 0.4) is 0 Å². The fourth-order valence-corrected chi connectivity index (χ4v) is 3.42. The zero-order chi connectivity index (χ0) is 16.6. The summed E-state index contributed by atoms with van der Waals surface area (Å²) in [5.41, 5.74) is 0.316. The highest BCUT2D eigenvalue weighted by atomic mass is 35.5. The quantitative estimate of drug-likeness (QED) is 0.790. The first-order valence-corrected chi connectivity index (χ1v) is 8.17. The summed E-state index contributed by atoms with van der Waals surface area (Å²) in [7, 11) is 0. The number of anilines is 1. The van der Waals surface area contributed by atoms with E-state index < -0.39 is 0 Å². The molecule has 0 radical (unpaired) electrons. The van der Waals surface area contributed by atoms with Crippen LogP contribution in [0.15, 0.2) is 35.1 Å². The van der Waals surface area contributed by atoms with Gasteiger partial charge in [-0.05, 0) is 32.0 Å². The highest BCUT2D eigenvalue weighted by molar-refractivity contribution is 7.18. The number of hydrogen-bond acceptors (Lipinski definition) is 4. The third kappa shape index (κ3) is 3.13. The molecule has 7 heteroatoms. The van der Waals surface area contributed by atoms with Crippen molar-refractivity contribution in [2.75, 3.05) is 5.32 Å². The highest BCUT2D eigenvalue weighted by Gasteiger charge is 2.14. The molecule has 23 heavy (non-hydrogen) atoms. The van der Waals surface area contributed by atoms with Gasteiger partial charge < -0.3 is 5.32 Å². The van der Waals surface area contributed by atoms with Crippen molar-refractivity contribution >= 4 is 44.7 Å². The number of nitrogens with zero attached hydrogens (tertiary/aromatic N) is 2. The SMILES string of the molecule is Cc1cc2c(=O)n(CC(=O)Nc3ccccc3Cl)c(C)nc2s1. The van der Waals surface area contributed by atoms with Crippen molar-refractivity contribution in [2.45, 2.75) is 20.4 Å². The normalized spacial score (nSPS) is 10.9. The number of halogens is 1. The highest BCUT2D eigenvalue weighted by Crippen LogP contribution is 2.21. The van der Waals surface area contributed by atoms with Crippen LogP contribution in [-0.4, -0.2) is 15.5 Å². The minimum Gasteiger partial charge on any atom is -0.323 e. The summed E-state index contributed by atoms with van der Waals surface area (Å²) in [6.07, 6.45) is 0. The second-order valence-corrected chi connectivity index (χ2v) is 6.80. The lowest BCUT2D eigenvalue weighted by atomic mass is 10.3. The van der Waals surface area contributed by atoms with E-state index in [9.17, 15) is 9.59 Å². The molecule has 2 heterocycles. The molecule has 1 aromatic carbocycles. The monoisotopic (exact) mass is 347 g/mol. The number of rotatable bonds is 3. The lowest BCUT2D eigenvalue weighted by molar-refractivity contribution is -0.116. The van der Waals surface area contributed by atoms with Gasteiger partial charge in [0, 0.05) is 4.88 Å². The Balaban J connectivity index is 1.91. The van der Waals surface area contributed by atoms with E-state index in [-0.39, 0.29) is 18.0 Å². The second kappa shape index (κ2) is 6.14. The molecule has 0 fully saturated rings. The minimum absolute atomic E-state index is 0.103. The largest absolute Gasteiger partial charge is 0.323 e. The van der Waals surface area contributed by atoms with Crippen molar-refractivity contribution in [3.63, 3.8) is 0 Å². The number of amides is 1. The van der Waals surface area contributed by atoms with Crippen LogP contribution in [0.25, 0.3) is 10.2 Å². The summed E-state index contributed by atoms with van der Waals surface area (Å²) in [4.78, 5) is 30.9. The summed E-state index contributed by atoms with van der Waals surface area (Å²) in [6, 6.07) is 8.76. The maximum atomic E-state index is 12.5. The van der Waals surface area contributed by atoms with E-state index in [0.29, 0.717) is 26.8 Å². The predicted octanol–water partition coefficient (Wildman–Crippen LogP) is 3.37. The summed E-state index contributed by atoms with van der Waals surface area (Å²) >= 11 is 7.49. The van der Waals surface area contributed by atoms with Gasteiger partial charge in [-0.1, -0.05) is 23.7 Å². The number of para-hydroxylation sites is 1. The number of hydrogen-bond donors (Lipinski definition) is 1. The van der Waals surface area contributed by atoms with Gasteiger partial charge in [-0.25, -0.2) is 4.98 Å². The van der Waals surface area contributed by atoms with Gasteiger partial charge in [-0.2, -0.15) is 0 Å². The van der Waals surface area contributed by atoms with Gasteiger partial charge in [0.05, 0.1) is 16.1 Å². The molecule has 0 saturated heterocycles. The van der Waals surface area contributed by atoms with Crippen molar-refractivity contribution in [3.8, 4) is 0 Å². The smallest absolute Gasteiger partial charge is 0.262 e. The molecule has 3 aromatic rings. The molecular formula is C16H14ClN3O2S. The second-order valence-electron chi connectivity index (χ2n) is 5.15. The van der Waals surface area contributed by atoms with Gasteiger partial charge in [0.1, 0.15) is 17.2 Å². The Labute approximate surface area is 141 Å². The summed E-state index contributed by atoms with van der Waals surface area (Å²) < 4.78 is 1.38. The number of carbonyl (C=O) groups excluding carboxylic acids is 1. The van der Waals surface area contributed by atoms with E-state index in [1.54, 1.807) is 37.3 Å². The number of nitrogens with one attached hydrogen (secondary N) is 1. The molecule has 118 valence electrons. The van der Waals surface area contributed by atoms with E-state index in [1.807, 2.05) is 6.92 Å². The Morgan fingerprint density at radius 2 is 2.09 bits per heavy atom. The first-order valence-electron chi connectivity index (χ1n) is 6.97. The molecule has 0 saturated carbocycles. The predicted molar refractivity (Wildman–Crippen MR) is 93.4 cm³/mol. The average Bonchev–Trinajstić information content (AvgIpc) is 2.86. The van der Waals surface area contributed by atoms with Crippen LogP contribution < -0.4 is 10.9 Å². The van der Waals surface area contributed by atoms with Crippen LogP contribution >= 0.6 is 22.9 Å². The maximum Gasteiger partial charge on any atom is 0.262 e. The van der Waals surface area contributed by atoms with Crippen LogP contribution in [-0.2, 0) is 11.3 Å². The number of benzene rings is 1. The lowest BCUT2D eigenvalue weighted by Crippen LogP contribution is -2.29. The van der Waals surface area contributed by atoms with Crippen molar-refractivity contribution in [3.05, 3.63) is 56.4 Å². The van der Waals surface area contributed by atoms with Gasteiger partial charge in [-0.3, -0.25) is 14.2 Å². The van der Waals surface area contributed by atoms with Gasteiger partial charge in [-0.15, -0.1) is 11.3 Å². The average molecular weight is 348 g/mol. The van der Waals surface area contributed by atoms with Gasteiger partial charge in [0.2, 0.25) is 5.91 Å². The fourth-order valence-electron chi connectivity index (χ4n) is 2.32. The van der Waals surface area contributed by atoms with Crippen molar-refractivity contribution in [1.82, 2.24) is 9.55 Å². The summed E-state index contributed by atoms with van der Waals surface area (Å²) in [6.45, 7) is 3.54. The number of thiophene rings is 1. The first kappa shape index (κ1) is 15.7. The van der Waals surface area contributed by atoms with E-state index in [0.717, 1.165) is 4.88 Å². The van der Waals surface area contributed by atoms with E-state index in [1.165, 1.54) is 15.9 Å². The Morgan fingerprint density at radius 1 is 1.35 bits per heavy atom. The molecule has 1 amide bonds. The molecule has 3 rings (SSSR count). The zero-order valence-electron chi connectivity index (χ0n) is 12.6. The number of carbonyl (C=O) groups is 1. The molecule has 0 spiro atoms. The maximum absolute atomic E-state index is 12.5. The van der Waals surface area contributed by atoms with E-state index >= 15 is 0 Å².